The minimum atomic E-state index is -3.76. The van der Waals surface area contributed by atoms with Crippen LogP contribution in [0.15, 0.2) is 47.4 Å². The topological polar surface area (TPSA) is 83.1 Å². The molecule has 0 bridgehead atoms. The van der Waals surface area contributed by atoms with Gasteiger partial charge in [-0.05, 0) is 36.4 Å². The van der Waals surface area contributed by atoms with Gasteiger partial charge in [-0.25, -0.2) is 13.1 Å². The first-order valence-electron chi connectivity index (χ1n) is 7.48. The van der Waals surface area contributed by atoms with Gasteiger partial charge in [0.25, 0.3) is 0 Å². The van der Waals surface area contributed by atoms with Crippen molar-refractivity contribution < 1.29 is 27.4 Å². The monoisotopic (exact) mass is 367 g/mol. The van der Waals surface area contributed by atoms with Crippen LogP contribution >= 0.6 is 0 Å². The summed E-state index contributed by atoms with van der Waals surface area (Å²) in [5.74, 6) is 2.01. The Kier molecular flexibility index (Phi) is 6.49. The fraction of sp³-hybridized carbons (Fsp3) is 0.294. The molecule has 0 aliphatic carbocycles. The first kappa shape index (κ1) is 18.9. The molecule has 25 heavy (non-hydrogen) atoms. The largest absolute Gasteiger partial charge is 0.497 e. The van der Waals surface area contributed by atoms with E-state index in [1.807, 2.05) is 0 Å². The predicted octanol–water partition coefficient (Wildman–Crippen LogP) is 2.07. The van der Waals surface area contributed by atoms with Crippen molar-refractivity contribution in [3.63, 3.8) is 0 Å². The smallest absolute Gasteiger partial charge is 0.244 e. The van der Waals surface area contributed by atoms with Gasteiger partial charge in [-0.15, -0.1) is 0 Å². The minimum absolute atomic E-state index is 0.0128. The van der Waals surface area contributed by atoms with Gasteiger partial charge in [0.15, 0.2) is 0 Å². The van der Waals surface area contributed by atoms with Gasteiger partial charge < -0.3 is 18.9 Å². The van der Waals surface area contributed by atoms with E-state index in [0.29, 0.717) is 11.5 Å². The lowest BCUT2D eigenvalue weighted by Crippen LogP contribution is -2.28. The van der Waals surface area contributed by atoms with Crippen LogP contribution in [0.4, 0.5) is 0 Å². The van der Waals surface area contributed by atoms with Crippen LogP contribution in [0.1, 0.15) is 0 Å². The van der Waals surface area contributed by atoms with Gasteiger partial charge in [0.1, 0.15) is 34.5 Å². The molecule has 0 spiro atoms. The Morgan fingerprint density at radius 3 is 2.04 bits per heavy atom. The highest BCUT2D eigenvalue weighted by Crippen LogP contribution is 2.27. The number of rotatable bonds is 9. The third-order valence-electron chi connectivity index (χ3n) is 3.38. The van der Waals surface area contributed by atoms with Gasteiger partial charge in [0, 0.05) is 12.6 Å². The molecule has 136 valence electrons. The molecule has 0 fully saturated rings. The number of hydrogen-bond donors (Lipinski definition) is 1. The van der Waals surface area contributed by atoms with Crippen molar-refractivity contribution in [3.05, 3.63) is 42.5 Å². The normalized spacial score (nSPS) is 11.0. The Labute approximate surface area is 147 Å². The molecule has 1 N–H and O–H groups in total. The lowest BCUT2D eigenvalue weighted by atomic mass is 10.3. The molecule has 0 unspecified atom stereocenters. The summed E-state index contributed by atoms with van der Waals surface area (Å²) in [7, 11) is 0.702. The standard InChI is InChI=1S/C17H21NO6S/c1-21-13-4-6-14(7-5-13)24-11-10-18-25(19,20)17-12-15(22-2)8-9-16(17)23-3/h4-9,12,18H,10-11H2,1-3H3. The molecule has 0 radical (unpaired) electrons. The molecule has 0 aliphatic rings. The van der Waals surface area contributed by atoms with E-state index < -0.39 is 10.0 Å². The maximum Gasteiger partial charge on any atom is 0.244 e. The van der Waals surface area contributed by atoms with Gasteiger partial charge in [-0.1, -0.05) is 0 Å². The second kappa shape index (κ2) is 8.59. The summed E-state index contributed by atoms with van der Waals surface area (Å²) < 4.78 is 48.1. The van der Waals surface area contributed by atoms with Gasteiger partial charge in [-0.2, -0.15) is 0 Å². The van der Waals surface area contributed by atoms with Crippen LogP contribution in [0.5, 0.6) is 23.0 Å². The van der Waals surface area contributed by atoms with Crippen molar-refractivity contribution >= 4 is 10.0 Å². The van der Waals surface area contributed by atoms with E-state index in [-0.39, 0.29) is 23.8 Å². The highest BCUT2D eigenvalue weighted by molar-refractivity contribution is 7.89. The average Bonchev–Trinajstić information content (AvgIpc) is 2.65. The molecule has 7 nitrogen and oxygen atoms in total. The Morgan fingerprint density at radius 2 is 1.44 bits per heavy atom. The first-order chi connectivity index (χ1) is 12.0. The van der Waals surface area contributed by atoms with Crippen LogP contribution in [0.3, 0.4) is 0 Å². The second-order valence-corrected chi connectivity index (χ2v) is 6.67. The molecule has 0 amide bonds. The molecule has 8 heteroatoms. The van der Waals surface area contributed by atoms with Crippen LogP contribution in [-0.4, -0.2) is 42.9 Å². The molecule has 0 atom stereocenters. The SMILES string of the molecule is COc1ccc(OCCNS(=O)(=O)c2cc(OC)ccc2OC)cc1. The molecule has 0 saturated carbocycles. The Hall–Kier alpha value is -2.45. The van der Waals surface area contributed by atoms with E-state index in [1.165, 1.54) is 20.3 Å². The van der Waals surface area contributed by atoms with Gasteiger partial charge >= 0.3 is 0 Å². The summed E-state index contributed by atoms with van der Waals surface area (Å²) >= 11 is 0. The highest BCUT2D eigenvalue weighted by Gasteiger charge is 2.20. The van der Waals surface area contributed by atoms with Gasteiger partial charge in [-0.3, -0.25) is 0 Å². The van der Waals surface area contributed by atoms with Crippen molar-refractivity contribution in [1.29, 1.82) is 0 Å². The zero-order chi connectivity index (χ0) is 18.3. The summed E-state index contributed by atoms with van der Waals surface area (Å²) in [4.78, 5) is 0.0128. The number of hydrogen-bond acceptors (Lipinski definition) is 6. The summed E-state index contributed by atoms with van der Waals surface area (Å²) in [6, 6.07) is 11.6. The first-order valence-corrected chi connectivity index (χ1v) is 8.97. The van der Waals surface area contributed by atoms with Crippen LogP contribution in [-0.2, 0) is 10.0 Å². The molecular weight excluding hydrogens is 346 g/mol. The third-order valence-corrected chi connectivity index (χ3v) is 4.86. The van der Waals surface area contributed by atoms with Crippen molar-refractivity contribution in [2.45, 2.75) is 4.90 Å². The van der Waals surface area contributed by atoms with Crippen molar-refractivity contribution in [2.75, 3.05) is 34.5 Å². The van der Waals surface area contributed by atoms with E-state index in [0.717, 1.165) is 5.75 Å². The van der Waals surface area contributed by atoms with Gasteiger partial charge in [0.2, 0.25) is 10.0 Å². The van der Waals surface area contributed by atoms with Crippen molar-refractivity contribution in [2.24, 2.45) is 0 Å². The van der Waals surface area contributed by atoms with E-state index in [4.69, 9.17) is 18.9 Å². The van der Waals surface area contributed by atoms with Crippen LogP contribution < -0.4 is 23.7 Å². The van der Waals surface area contributed by atoms with E-state index in [1.54, 1.807) is 43.5 Å². The summed E-state index contributed by atoms with van der Waals surface area (Å²) in [6.45, 7) is 0.284. The third kappa shape index (κ3) is 5.01. The Bertz CT molecular complexity index is 789. The zero-order valence-electron chi connectivity index (χ0n) is 14.3. The summed E-state index contributed by atoms with van der Waals surface area (Å²) in [5, 5.41) is 0. The predicted molar refractivity (Wildman–Crippen MR) is 93.2 cm³/mol. The molecule has 2 aromatic rings. The molecule has 2 rings (SSSR count). The number of nitrogens with one attached hydrogen (secondary N) is 1. The van der Waals surface area contributed by atoms with Crippen molar-refractivity contribution in [1.82, 2.24) is 4.72 Å². The minimum Gasteiger partial charge on any atom is -0.497 e. The van der Waals surface area contributed by atoms with Crippen LogP contribution in [0.2, 0.25) is 0 Å². The van der Waals surface area contributed by atoms with Crippen molar-refractivity contribution in [3.8, 4) is 23.0 Å². The maximum absolute atomic E-state index is 12.5. The molecule has 2 aromatic carbocycles. The average molecular weight is 367 g/mol. The number of ether oxygens (including phenoxy) is 4. The molecule has 0 saturated heterocycles. The zero-order valence-corrected chi connectivity index (χ0v) is 15.1. The highest BCUT2D eigenvalue weighted by atomic mass is 32.2. The van der Waals surface area contributed by atoms with Crippen LogP contribution in [0, 0.1) is 0 Å². The van der Waals surface area contributed by atoms with E-state index in [2.05, 4.69) is 4.72 Å². The lowest BCUT2D eigenvalue weighted by molar-refractivity contribution is 0.321. The lowest BCUT2D eigenvalue weighted by Gasteiger charge is -2.12. The van der Waals surface area contributed by atoms with Crippen LogP contribution in [0.25, 0.3) is 0 Å². The fourth-order valence-electron chi connectivity index (χ4n) is 2.09. The number of benzene rings is 2. The Balaban J connectivity index is 1.97. The maximum atomic E-state index is 12.5. The number of sulfonamides is 1. The quantitative estimate of drug-likeness (QED) is 0.683. The molecular formula is C17H21NO6S. The van der Waals surface area contributed by atoms with E-state index in [9.17, 15) is 8.42 Å². The summed E-state index contributed by atoms with van der Waals surface area (Å²) in [6.07, 6.45) is 0. The second-order valence-electron chi connectivity index (χ2n) is 4.94. The summed E-state index contributed by atoms with van der Waals surface area (Å²) in [5.41, 5.74) is 0. The fourth-order valence-corrected chi connectivity index (χ4v) is 3.28. The molecule has 0 heterocycles. The van der Waals surface area contributed by atoms with E-state index >= 15 is 0 Å². The Morgan fingerprint density at radius 1 is 0.840 bits per heavy atom. The number of methoxy groups -OCH3 is 3. The molecule has 0 aromatic heterocycles. The molecule has 0 aliphatic heterocycles. The van der Waals surface area contributed by atoms with Gasteiger partial charge in [0.05, 0.1) is 21.3 Å².